The van der Waals surface area contributed by atoms with Crippen molar-refractivity contribution in [1.29, 1.82) is 0 Å². The van der Waals surface area contributed by atoms with E-state index in [4.69, 9.17) is 4.74 Å². The molecule has 0 aliphatic heterocycles. The summed E-state index contributed by atoms with van der Waals surface area (Å²) >= 11 is 4.43. The van der Waals surface area contributed by atoms with Gasteiger partial charge in [0, 0.05) is 5.41 Å². The van der Waals surface area contributed by atoms with Crippen LogP contribution in [-0.2, 0) is 5.41 Å². The first-order valence-corrected chi connectivity index (χ1v) is 7.34. The average Bonchev–Trinajstić information content (AvgIpc) is 3.07. The maximum Gasteiger partial charge on any atom is 0.123 e. The van der Waals surface area contributed by atoms with E-state index in [1.165, 1.54) is 24.0 Å². The molecular weight excluding hydrogens is 240 g/mol. The Bertz CT molecular complexity index is 427. The molecule has 0 spiro atoms. The number of hydrogen-bond donors (Lipinski definition) is 1. The van der Waals surface area contributed by atoms with Gasteiger partial charge in [0.05, 0.1) is 6.61 Å². The molecule has 2 heteroatoms. The molecule has 0 bridgehead atoms. The molecule has 18 heavy (non-hydrogen) atoms. The number of rotatable bonds is 4. The number of benzene rings is 1. The first-order valence-electron chi connectivity index (χ1n) is 6.71. The average molecular weight is 264 g/mol. The van der Waals surface area contributed by atoms with Gasteiger partial charge in [-0.3, -0.25) is 0 Å². The van der Waals surface area contributed by atoms with E-state index in [0.717, 1.165) is 18.1 Å². The minimum atomic E-state index is 0.124. The van der Waals surface area contributed by atoms with Crippen molar-refractivity contribution in [3.8, 4) is 5.75 Å². The quantitative estimate of drug-likeness (QED) is 0.794. The lowest BCUT2D eigenvalue weighted by molar-refractivity contribution is 0.245. The van der Waals surface area contributed by atoms with E-state index in [9.17, 15) is 0 Å². The summed E-state index contributed by atoms with van der Waals surface area (Å²) in [4.78, 5) is 0. The van der Waals surface area contributed by atoms with Crippen molar-refractivity contribution in [3.63, 3.8) is 0 Å². The third kappa shape index (κ3) is 3.03. The van der Waals surface area contributed by atoms with E-state index in [-0.39, 0.29) is 5.41 Å². The Morgan fingerprint density at radius 3 is 2.44 bits per heavy atom. The van der Waals surface area contributed by atoms with Crippen LogP contribution in [0.3, 0.4) is 0 Å². The van der Waals surface area contributed by atoms with Crippen LogP contribution in [0.1, 0.15) is 44.7 Å². The van der Waals surface area contributed by atoms with Crippen molar-refractivity contribution in [2.45, 2.75) is 46.0 Å². The molecular formula is C16H24OS. The van der Waals surface area contributed by atoms with E-state index in [1.54, 1.807) is 0 Å². The Kier molecular flexibility index (Phi) is 3.68. The Balaban J connectivity index is 2.17. The standard InChI is InChI=1S/C16H24OS/c1-12-5-6-14(13(9-12)15(2,3)4)17-10-16(11-18)7-8-16/h5-6,9,18H,7-8,10-11H2,1-4H3. The smallest absolute Gasteiger partial charge is 0.123 e. The van der Waals surface area contributed by atoms with E-state index >= 15 is 0 Å². The number of thiol groups is 1. The Hall–Kier alpha value is -0.630. The fourth-order valence-electron chi connectivity index (χ4n) is 2.11. The van der Waals surface area contributed by atoms with Gasteiger partial charge in [0.15, 0.2) is 0 Å². The monoisotopic (exact) mass is 264 g/mol. The van der Waals surface area contributed by atoms with Crippen LogP contribution in [0.15, 0.2) is 18.2 Å². The Labute approximate surface area is 116 Å². The zero-order chi connectivity index (χ0) is 13.4. The summed E-state index contributed by atoms with van der Waals surface area (Å²) in [6.45, 7) is 9.65. The van der Waals surface area contributed by atoms with Gasteiger partial charge in [-0.15, -0.1) is 0 Å². The molecule has 1 nitrogen and oxygen atoms in total. The zero-order valence-electron chi connectivity index (χ0n) is 11.9. The van der Waals surface area contributed by atoms with Gasteiger partial charge < -0.3 is 4.74 Å². The van der Waals surface area contributed by atoms with Gasteiger partial charge >= 0.3 is 0 Å². The van der Waals surface area contributed by atoms with Crippen LogP contribution in [0, 0.1) is 12.3 Å². The van der Waals surface area contributed by atoms with Crippen molar-refractivity contribution in [1.82, 2.24) is 0 Å². The number of hydrogen-bond acceptors (Lipinski definition) is 2. The van der Waals surface area contributed by atoms with Crippen LogP contribution < -0.4 is 4.74 Å². The van der Waals surface area contributed by atoms with Crippen LogP contribution in [0.4, 0.5) is 0 Å². The van der Waals surface area contributed by atoms with Crippen LogP contribution in [0.5, 0.6) is 5.75 Å². The summed E-state index contributed by atoms with van der Waals surface area (Å²) in [6, 6.07) is 6.49. The Morgan fingerprint density at radius 1 is 1.28 bits per heavy atom. The van der Waals surface area contributed by atoms with Crippen molar-refractivity contribution in [2.75, 3.05) is 12.4 Å². The molecule has 1 fully saturated rings. The maximum atomic E-state index is 6.09. The molecule has 0 heterocycles. The predicted octanol–water partition coefficient (Wildman–Crippen LogP) is 4.38. The number of aryl methyl sites for hydroxylation is 1. The van der Waals surface area contributed by atoms with Gasteiger partial charge in [0.25, 0.3) is 0 Å². The summed E-state index contributed by atoms with van der Waals surface area (Å²) < 4.78 is 6.09. The fraction of sp³-hybridized carbons (Fsp3) is 0.625. The lowest BCUT2D eigenvalue weighted by Crippen LogP contribution is -2.18. The highest BCUT2D eigenvalue weighted by Gasteiger charge is 2.42. The molecule has 1 saturated carbocycles. The second-order valence-electron chi connectivity index (χ2n) is 6.70. The first-order chi connectivity index (χ1) is 8.36. The van der Waals surface area contributed by atoms with Crippen LogP contribution in [-0.4, -0.2) is 12.4 Å². The van der Waals surface area contributed by atoms with Gasteiger partial charge in [0.1, 0.15) is 5.75 Å². The molecule has 2 rings (SSSR count). The summed E-state index contributed by atoms with van der Waals surface area (Å²) in [7, 11) is 0. The van der Waals surface area contributed by atoms with E-state index < -0.39 is 0 Å². The van der Waals surface area contributed by atoms with Crippen LogP contribution >= 0.6 is 12.6 Å². The summed E-state index contributed by atoms with van der Waals surface area (Å²) in [5.74, 6) is 1.98. The largest absolute Gasteiger partial charge is 0.493 e. The Morgan fingerprint density at radius 2 is 1.94 bits per heavy atom. The second kappa shape index (κ2) is 4.80. The number of ether oxygens (including phenoxy) is 1. The normalized spacial score (nSPS) is 17.6. The second-order valence-corrected chi connectivity index (χ2v) is 7.01. The third-order valence-electron chi connectivity index (χ3n) is 3.77. The van der Waals surface area contributed by atoms with Gasteiger partial charge in [0.2, 0.25) is 0 Å². The molecule has 0 aromatic heterocycles. The van der Waals surface area contributed by atoms with Crippen LogP contribution in [0.25, 0.3) is 0 Å². The van der Waals surface area contributed by atoms with E-state index in [2.05, 4.69) is 58.5 Å². The van der Waals surface area contributed by atoms with Crippen molar-refractivity contribution < 1.29 is 4.74 Å². The highest BCUT2D eigenvalue weighted by atomic mass is 32.1. The summed E-state index contributed by atoms with van der Waals surface area (Å²) in [6.07, 6.45) is 2.51. The molecule has 1 aliphatic carbocycles. The van der Waals surface area contributed by atoms with Gasteiger partial charge in [-0.1, -0.05) is 38.5 Å². The molecule has 0 saturated heterocycles. The van der Waals surface area contributed by atoms with Gasteiger partial charge in [-0.2, -0.15) is 12.6 Å². The molecule has 0 unspecified atom stereocenters. The summed E-state index contributed by atoms with van der Waals surface area (Å²) in [5.41, 5.74) is 3.07. The minimum Gasteiger partial charge on any atom is -0.493 e. The predicted molar refractivity (Wildman–Crippen MR) is 80.9 cm³/mol. The lowest BCUT2D eigenvalue weighted by Gasteiger charge is -2.24. The lowest BCUT2D eigenvalue weighted by atomic mass is 9.85. The minimum absolute atomic E-state index is 0.124. The fourth-order valence-corrected chi connectivity index (χ4v) is 2.52. The molecule has 0 radical (unpaired) electrons. The van der Waals surface area contributed by atoms with Crippen molar-refractivity contribution in [2.24, 2.45) is 5.41 Å². The molecule has 0 atom stereocenters. The topological polar surface area (TPSA) is 9.23 Å². The highest BCUT2D eigenvalue weighted by Crippen LogP contribution is 2.47. The zero-order valence-corrected chi connectivity index (χ0v) is 12.8. The highest BCUT2D eigenvalue weighted by molar-refractivity contribution is 7.80. The van der Waals surface area contributed by atoms with E-state index in [1.807, 2.05) is 0 Å². The molecule has 1 aromatic rings. The molecule has 1 aliphatic rings. The maximum absolute atomic E-state index is 6.09. The molecule has 0 amide bonds. The van der Waals surface area contributed by atoms with E-state index in [0.29, 0.717) is 5.41 Å². The molecule has 0 N–H and O–H groups in total. The molecule has 100 valence electrons. The van der Waals surface area contributed by atoms with Crippen molar-refractivity contribution in [3.05, 3.63) is 29.3 Å². The SMILES string of the molecule is Cc1ccc(OCC2(CS)CC2)c(C(C)(C)C)c1. The van der Waals surface area contributed by atoms with Crippen molar-refractivity contribution >= 4 is 12.6 Å². The molecule has 1 aromatic carbocycles. The van der Waals surface area contributed by atoms with Gasteiger partial charge in [-0.05, 0) is 42.6 Å². The van der Waals surface area contributed by atoms with Gasteiger partial charge in [-0.25, -0.2) is 0 Å². The third-order valence-corrected chi connectivity index (χ3v) is 4.44. The first kappa shape index (κ1) is 13.8. The van der Waals surface area contributed by atoms with Crippen LogP contribution in [0.2, 0.25) is 0 Å². The summed E-state index contributed by atoms with van der Waals surface area (Å²) in [5, 5.41) is 0.